The Morgan fingerprint density at radius 3 is 2.88 bits per heavy atom. The molecule has 7 heteroatoms. The Bertz CT molecular complexity index is 797. The van der Waals surface area contributed by atoms with Crippen molar-refractivity contribution in [2.75, 3.05) is 7.11 Å². The molecule has 0 fully saturated rings. The van der Waals surface area contributed by atoms with Crippen LogP contribution in [0.5, 0.6) is 5.75 Å². The third-order valence-corrected chi connectivity index (χ3v) is 4.43. The van der Waals surface area contributed by atoms with Gasteiger partial charge >= 0.3 is 0 Å². The number of para-hydroxylation sites is 1. The summed E-state index contributed by atoms with van der Waals surface area (Å²) < 4.78 is 13.2. The molecule has 0 amide bonds. The van der Waals surface area contributed by atoms with Gasteiger partial charge in [-0.1, -0.05) is 30.0 Å². The average Bonchev–Trinajstić information content (AvgIpc) is 3.22. The van der Waals surface area contributed by atoms with Gasteiger partial charge in [-0.15, -0.1) is 10.2 Å². The molecule has 1 aromatic carbocycles. The maximum absolute atomic E-state index is 5.73. The number of rotatable bonds is 7. The van der Waals surface area contributed by atoms with Gasteiger partial charge < -0.3 is 13.7 Å². The first-order valence-corrected chi connectivity index (χ1v) is 8.74. The summed E-state index contributed by atoms with van der Waals surface area (Å²) in [5.41, 5.74) is 1.02. The van der Waals surface area contributed by atoms with Crippen LogP contribution in [-0.2, 0) is 12.2 Å². The van der Waals surface area contributed by atoms with Crippen molar-refractivity contribution in [3.8, 4) is 5.75 Å². The molecule has 0 atom stereocenters. The Balaban J connectivity index is 1.64. The van der Waals surface area contributed by atoms with Gasteiger partial charge in [-0.2, -0.15) is 0 Å². The molecule has 2 aromatic heterocycles. The van der Waals surface area contributed by atoms with E-state index in [1.165, 1.54) is 11.8 Å². The number of hydrogen-bond acceptors (Lipinski definition) is 6. The topological polar surface area (TPSA) is 66.0 Å². The molecule has 3 aromatic rings. The van der Waals surface area contributed by atoms with Crippen LogP contribution >= 0.6 is 11.8 Å². The number of nitrogens with zero attached hydrogens (tertiary/aromatic N) is 4. The smallest absolute Gasteiger partial charge is 0.277 e. The molecule has 6 nitrogen and oxygen atoms in total. The fourth-order valence-electron chi connectivity index (χ4n) is 2.43. The van der Waals surface area contributed by atoms with E-state index >= 15 is 0 Å². The van der Waals surface area contributed by atoms with Crippen molar-refractivity contribution in [1.29, 1.82) is 0 Å². The van der Waals surface area contributed by atoms with Crippen molar-refractivity contribution in [1.82, 2.24) is 19.7 Å². The second-order valence-corrected chi connectivity index (χ2v) is 6.51. The Morgan fingerprint density at radius 1 is 1.25 bits per heavy atom. The van der Waals surface area contributed by atoms with Crippen molar-refractivity contribution in [3.63, 3.8) is 0 Å². The Hall–Kier alpha value is -2.28. The number of thioether (sulfide) groups is 1. The predicted molar refractivity (Wildman–Crippen MR) is 92.3 cm³/mol. The van der Waals surface area contributed by atoms with E-state index in [1.54, 1.807) is 7.11 Å². The number of methoxy groups -OCH3 is 1. The summed E-state index contributed by atoms with van der Waals surface area (Å²) in [6.07, 6.45) is 4.36. The lowest BCUT2D eigenvalue weighted by atomic mass is 10.1. The highest BCUT2D eigenvalue weighted by Crippen LogP contribution is 2.25. The third kappa shape index (κ3) is 3.79. The standard InChI is InChI=1S/C17H20N4O2S/c1-12(2)21-9-8-18-15(21)11-24-17-20-19-16(23-17)10-13-6-4-5-7-14(13)22-3/h4-9,12H,10-11H2,1-3H3. The normalized spacial score (nSPS) is 11.2. The largest absolute Gasteiger partial charge is 0.496 e. The first-order chi connectivity index (χ1) is 11.7. The first kappa shape index (κ1) is 16.6. The molecular formula is C17H20N4O2S. The van der Waals surface area contributed by atoms with Crippen LogP contribution in [0.3, 0.4) is 0 Å². The van der Waals surface area contributed by atoms with Crippen LogP contribution in [0.25, 0.3) is 0 Å². The molecule has 0 spiro atoms. The SMILES string of the molecule is COc1ccccc1Cc1nnc(SCc2nccn2C(C)C)o1. The fraction of sp³-hybridized carbons (Fsp3) is 0.353. The van der Waals surface area contributed by atoms with E-state index in [1.807, 2.05) is 36.7 Å². The highest BCUT2D eigenvalue weighted by atomic mass is 32.2. The lowest BCUT2D eigenvalue weighted by molar-refractivity contribution is 0.400. The van der Waals surface area contributed by atoms with Crippen molar-refractivity contribution in [2.45, 2.75) is 37.3 Å². The summed E-state index contributed by atoms with van der Waals surface area (Å²) in [7, 11) is 1.66. The van der Waals surface area contributed by atoms with Gasteiger partial charge in [-0.05, 0) is 19.9 Å². The molecule has 0 radical (unpaired) electrons. The number of ether oxygens (including phenoxy) is 1. The quantitative estimate of drug-likeness (QED) is 0.608. The van der Waals surface area contributed by atoms with Crippen LogP contribution in [0.4, 0.5) is 0 Å². The molecule has 0 bridgehead atoms. The summed E-state index contributed by atoms with van der Waals surface area (Å²) >= 11 is 1.50. The highest BCUT2D eigenvalue weighted by Gasteiger charge is 2.12. The van der Waals surface area contributed by atoms with Crippen molar-refractivity contribution >= 4 is 11.8 Å². The summed E-state index contributed by atoms with van der Waals surface area (Å²) in [5, 5.41) is 8.79. The molecule has 0 aliphatic heterocycles. The summed E-state index contributed by atoms with van der Waals surface area (Å²) in [5.74, 6) is 3.10. The van der Waals surface area contributed by atoms with E-state index in [-0.39, 0.29) is 0 Å². The molecule has 3 rings (SSSR count). The summed E-state index contributed by atoms with van der Waals surface area (Å²) in [6.45, 7) is 4.27. The second-order valence-electron chi connectivity index (χ2n) is 5.58. The maximum Gasteiger partial charge on any atom is 0.277 e. The molecule has 0 aliphatic carbocycles. The predicted octanol–water partition coefficient (Wildman–Crippen LogP) is 3.74. The van der Waals surface area contributed by atoms with Crippen LogP contribution in [0, 0.1) is 0 Å². The van der Waals surface area contributed by atoms with Crippen molar-refractivity contribution < 1.29 is 9.15 Å². The maximum atomic E-state index is 5.73. The van der Waals surface area contributed by atoms with Crippen LogP contribution in [0.2, 0.25) is 0 Å². The molecule has 24 heavy (non-hydrogen) atoms. The van der Waals surface area contributed by atoms with Gasteiger partial charge in [-0.3, -0.25) is 0 Å². The fourth-order valence-corrected chi connectivity index (χ4v) is 3.16. The van der Waals surface area contributed by atoms with Crippen LogP contribution in [0.15, 0.2) is 46.3 Å². The van der Waals surface area contributed by atoms with Gasteiger partial charge in [-0.25, -0.2) is 4.98 Å². The molecule has 126 valence electrons. The molecular weight excluding hydrogens is 324 g/mol. The van der Waals surface area contributed by atoms with Crippen molar-refractivity contribution in [2.24, 2.45) is 0 Å². The van der Waals surface area contributed by atoms with Gasteiger partial charge in [0.25, 0.3) is 5.22 Å². The van der Waals surface area contributed by atoms with Gasteiger partial charge in [0, 0.05) is 24.0 Å². The van der Waals surface area contributed by atoms with Crippen LogP contribution in [0.1, 0.15) is 37.2 Å². The molecule has 0 saturated carbocycles. The van der Waals surface area contributed by atoms with E-state index < -0.39 is 0 Å². The Kier molecular flexibility index (Phi) is 5.20. The minimum Gasteiger partial charge on any atom is -0.496 e. The molecule has 0 saturated heterocycles. The lowest BCUT2D eigenvalue weighted by Gasteiger charge is -2.09. The lowest BCUT2D eigenvalue weighted by Crippen LogP contribution is -2.04. The number of imidazole rings is 1. The van der Waals surface area contributed by atoms with E-state index in [0.29, 0.717) is 29.3 Å². The van der Waals surface area contributed by atoms with Crippen LogP contribution in [-0.4, -0.2) is 26.9 Å². The van der Waals surface area contributed by atoms with E-state index in [0.717, 1.165) is 17.1 Å². The zero-order valence-electron chi connectivity index (χ0n) is 14.0. The monoisotopic (exact) mass is 344 g/mol. The minimum atomic E-state index is 0.381. The van der Waals surface area contributed by atoms with Gasteiger partial charge in [0.05, 0.1) is 19.3 Å². The Morgan fingerprint density at radius 2 is 2.08 bits per heavy atom. The van der Waals surface area contributed by atoms with E-state index in [9.17, 15) is 0 Å². The third-order valence-electron chi connectivity index (χ3n) is 3.61. The van der Waals surface area contributed by atoms with Gasteiger partial charge in [0.15, 0.2) is 0 Å². The van der Waals surface area contributed by atoms with E-state index in [2.05, 4.69) is 33.6 Å². The number of aromatic nitrogens is 4. The van der Waals surface area contributed by atoms with E-state index in [4.69, 9.17) is 9.15 Å². The van der Waals surface area contributed by atoms with Gasteiger partial charge in [0.2, 0.25) is 5.89 Å². The van der Waals surface area contributed by atoms with Crippen LogP contribution < -0.4 is 4.74 Å². The second kappa shape index (κ2) is 7.53. The van der Waals surface area contributed by atoms with Crippen molar-refractivity contribution in [3.05, 3.63) is 53.9 Å². The zero-order valence-corrected chi connectivity index (χ0v) is 14.8. The minimum absolute atomic E-state index is 0.381. The highest BCUT2D eigenvalue weighted by molar-refractivity contribution is 7.98. The zero-order chi connectivity index (χ0) is 16.9. The molecule has 2 heterocycles. The summed E-state index contributed by atoms with van der Waals surface area (Å²) in [4.78, 5) is 4.39. The molecule has 0 aliphatic rings. The molecule has 0 unspecified atom stereocenters. The Labute approximate surface area is 145 Å². The molecule has 0 N–H and O–H groups in total. The summed E-state index contributed by atoms with van der Waals surface area (Å²) in [6, 6.07) is 8.21. The average molecular weight is 344 g/mol. The van der Waals surface area contributed by atoms with Gasteiger partial charge in [0.1, 0.15) is 11.6 Å². The number of benzene rings is 1. The number of hydrogen-bond donors (Lipinski definition) is 0. The first-order valence-electron chi connectivity index (χ1n) is 7.76.